The van der Waals surface area contributed by atoms with Crippen molar-refractivity contribution in [2.24, 2.45) is 0 Å². The number of carbonyl (C=O) groups is 1. The summed E-state index contributed by atoms with van der Waals surface area (Å²) in [6.45, 7) is 5.43. The number of carbonyl (C=O) groups excluding carboxylic acids is 1. The van der Waals surface area contributed by atoms with E-state index in [1.165, 1.54) is 0 Å². The Hall–Kier alpha value is -3.58. The first-order chi connectivity index (χ1) is 16.5. The van der Waals surface area contributed by atoms with E-state index in [-0.39, 0.29) is 28.4 Å². The summed E-state index contributed by atoms with van der Waals surface area (Å²) in [7, 11) is -1.80. The molecular formula is C26H25O8P. The molecule has 8 nitrogen and oxygen atoms in total. The highest BCUT2D eigenvalue weighted by Crippen LogP contribution is 2.46. The van der Waals surface area contributed by atoms with Crippen LogP contribution in [0.15, 0.2) is 52.9 Å². The molecule has 1 aromatic heterocycles. The van der Waals surface area contributed by atoms with Gasteiger partial charge in [-0.05, 0) is 79.9 Å². The molecule has 0 atom stereocenters. The van der Waals surface area contributed by atoms with Crippen LogP contribution in [-0.4, -0.2) is 29.8 Å². The number of rotatable bonds is 7. The summed E-state index contributed by atoms with van der Waals surface area (Å²) in [5.74, 6) is 0.988. The summed E-state index contributed by atoms with van der Waals surface area (Å²) in [6, 6.07) is 13.7. The number of ether oxygens (including phenoxy) is 2. The number of phosphoric ester groups is 1. The lowest BCUT2D eigenvalue weighted by atomic mass is 9.94. The van der Waals surface area contributed by atoms with E-state index in [2.05, 4.69) is 0 Å². The molecule has 0 radical (unpaired) electrons. The smallest absolute Gasteiger partial charge is 0.497 e. The highest BCUT2D eigenvalue weighted by molar-refractivity contribution is 7.46. The van der Waals surface area contributed by atoms with Gasteiger partial charge in [-0.3, -0.25) is 14.6 Å². The van der Waals surface area contributed by atoms with Crippen molar-refractivity contribution in [1.82, 2.24) is 0 Å². The van der Waals surface area contributed by atoms with Gasteiger partial charge in [0.25, 0.3) is 0 Å². The van der Waals surface area contributed by atoms with Crippen LogP contribution in [0.1, 0.15) is 32.6 Å². The zero-order valence-corrected chi connectivity index (χ0v) is 20.8. The molecule has 4 rings (SSSR count). The molecule has 1 heterocycles. The molecule has 0 saturated carbocycles. The molecule has 3 aromatic carbocycles. The molecule has 0 unspecified atom stereocenters. The van der Waals surface area contributed by atoms with E-state index in [9.17, 15) is 19.1 Å². The van der Waals surface area contributed by atoms with Gasteiger partial charge in [0.05, 0.1) is 19.8 Å². The van der Waals surface area contributed by atoms with Crippen molar-refractivity contribution in [1.29, 1.82) is 0 Å². The maximum Gasteiger partial charge on any atom is 0.524 e. The Labute approximate surface area is 202 Å². The van der Waals surface area contributed by atoms with Gasteiger partial charge in [-0.25, -0.2) is 4.57 Å². The van der Waals surface area contributed by atoms with Gasteiger partial charge >= 0.3 is 7.82 Å². The fourth-order valence-electron chi connectivity index (χ4n) is 3.95. The van der Waals surface area contributed by atoms with Gasteiger partial charge in [-0.15, -0.1) is 0 Å². The van der Waals surface area contributed by atoms with E-state index in [1.54, 1.807) is 69.7 Å². The van der Waals surface area contributed by atoms with Crippen LogP contribution in [0, 0.1) is 20.8 Å². The van der Waals surface area contributed by atoms with Crippen molar-refractivity contribution in [3.05, 3.63) is 76.3 Å². The molecule has 0 saturated heterocycles. The minimum atomic E-state index is -4.89. The number of aryl methyl sites for hydroxylation is 2. The van der Waals surface area contributed by atoms with Gasteiger partial charge in [0, 0.05) is 16.5 Å². The normalized spacial score (nSPS) is 11.5. The van der Waals surface area contributed by atoms with Crippen LogP contribution in [-0.2, 0) is 4.57 Å². The number of ketones is 1. The van der Waals surface area contributed by atoms with Gasteiger partial charge in [0.15, 0.2) is 17.1 Å². The molecule has 0 aliphatic rings. The minimum absolute atomic E-state index is 0.0679. The maximum atomic E-state index is 13.9. The predicted octanol–water partition coefficient (Wildman–Crippen LogP) is 5.74. The summed E-state index contributed by atoms with van der Waals surface area (Å²) in [4.78, 5) is 32.8. The summed E-state index contributed by atoms with van der Waals surface area (Å²) in [6.07, 6.45) is 0. The van der Waals surface area contributed by atoms with Gasteiger partial charge in [0.2, 0.25) is 0 Å². The molecule has 4 aromatic rings. The Bertz CT molecular complexity index is 1480. The summed E-state index contributed by atoms with van der Waals surface area (Å²) in [5, 5.41) is 0.368. The fraction of sp³-hybridized carbons (Fsp3) is 0.192. The van der Waals surface area contributed by atoms with Crippen molar-refractivity contribution in [2.75, 3.05) is 14.2 Å². The number of methoxy groups -OCH3 is 2. The van der Waals surface area contributed by atoms with Crippen molar-refractivity contribution >= 4 is 24.6 Å². The molecule has 0 aliphatic carbocycles. The lowest BCUT2D eigenvalue weighted by Crippen LogP contribution is -2.05. The Balaban J connectivity index is 2.02. The summed E-state index contributed by atoms with van der Waals surface area (Å²) >= 11 is 0. The van der Waals surface area contributed by atoms with E-state index in [1.807, 2.05) is 13.8 Å². The van der Waals surface area contributed by atoms with Crippen molar-refractivity contribution in [3.63, 3.8) is 0 Å². The Morgan fingerprint density at radius 1 is 0.914 bits per heavy atom. The topological polar surface area (TPSA) is 115 Å². The van der Waals surface area contributed by atoms with E-state index in [4.69, 9.17) is 18.4 Å². The van der Waals surface area contributed by atoms with E-state index in [0.29, 0.717) is 33.6 Å². The van der Waals surface area contributed by atoms with Gasteiger partial charge in [-0.1, -0.05) is 6.07 Å². The number of furan rings is 1. The van der Waals surface area contributed by atoms with Crippen molar-refractivity contribution in [3.8, 4) is 28.6 Å². The Morgan fingerprint density at radius 2 is 1.60 bits per heavy atom. The molecule has 0 fully saturated rings. The molecule has 0 bridgehead atoms. The molecule has 2 N–H and O–H groups in total. The molecular weight excluding hydrogens is 471 g/mol. The predicted molar refractivity (Wildman–Crippen MR) is 132 cm³/mol. The third-order valence-corrected chi connectivity index (χ3v) is 6.32. The quantitative estimate of drug-likeness (QED) is 0.246. The van der Waals surface area contributed by atoms with E-state index >= 15 is 0 Å². The third-order valence-electron chi connectivity index (χ3n) is 5.90. The second-order valence-electron chi connectivity index (χ2n) is 8.15. The third kappa shape index (κ3) is 4.68. The average molecular weight is 496 g/mol. The second-order valence-corrected chi connectivity index (χ2v) is 9.32. The lowest BCUT2D eigenvalue weighted by Gasteiger charge is -2.11. The van der Waals surface area contributed by atoms with Crippen LogP contribution in [0.4, 0.5) is 0 Å². The molecule has 0 spiro atoms. The second kappa shape index (κ2) is 9.23. The Morgan fingerprint density at radius 3 is 2.20 bits per heavy atom. The zero-order valence-electron chi connectivity index (χ0n) is 19.9. The summed E-state index contributed by atoms with van der Waals surface area (Å²) in [5.41, 5.74) is 3.53. The molecule has 0 aliphatic heterocycles. The largest absolute Gasteiger partial charge is 0.524 e. The van der Waals surface area contributed by atoms with Crippen molar-refractivity contribution in [2.45, 2.75) is 20.8 Å². The van der Waals surface area contributed by atoms with E-state index < -0.39 is 7.82 Å². The molecule has 182 valence electrons. The lowest BCUT2D eigenvalue weighted by molar-refractivity contribution is 0.103. The van der Waals surface area contributed by atoms with Gasteiger partial charge in [0.1, 0.15) is 17.3 Å². The van der Waals surface area contributed by atoms with Crippen LogP contribution in [0.3, 0.4) is 0 Å². The molecule has 0 amide bonds. The van der Waals surface area contributed by atoms with Crippen LogP contribution in [0.2, 0.25) is 0 Å². The first kappa shape index (κ1) is 24.5. The Kier molecular flexibility index (Phi) is 6.47. The maximum absolute atomic E-state index is 13.9. The monoisotopic (exact) mass is 496 g/mol. The minimum Gasteiger partial charge on any atom is -0.497 e. The number of hydrogen-bond acceptors (Lipinski definition) is 6. The highest BCUT2D eigenvalue weighted by Gasteiger charge is 2.29. The number of hydrogen-bond donors (Lipinski definition) is 2. The van der Waals surface area contributed by atoms with Gasteiger partial charge in [-0.2, -0.15) is 0 Å². The number of benzene rings is 3. The van der Waals surface area contributed by atoms with Gasteiger partial charge < -0.3 is 18.4 Å². The first-order valence-corrected chi connectivity index (χ1v) is 12.2. The SMILES string of the molecule is COc1ccc(-c2oc3c(OP(=O)(O)O)c(C)ccc3c2C(=O)c2cc(C)c(C)c(OC)c2)cc1. The van der Waals surface area contributed by atoms with Crippen LogP contribution in [0.5, 0.6) is 17.2 Å². The fourth-order valence-corrected chi connectivity index (χ4v) is 4.42. The summed E-state index contributed by atoms with van der Waals surface area (Å²) < 4.78 is 33.4. The van der Waals surface area contributed by atoms with Crippen LogP contribution < -0.4 is 14.0 Å². The van der Waals surface area contributed by atoms with Crippen molar-refractivity contribution < 1.29 is 37.6 Å². The standard InChI is InChI=1S/C26H25O8P/c1-14-6-11-20-22(23(27)18-12-15(2)16(3)21(13-18)32-5)25(17-7-9-19(31-4)10-8-17)33-26(20)24(14)34-35(28,29)30/h6-13H,1-5H3,(H2,28,29,30). The van der Waals surface area contributed by atoms with E-state index in [0.717, 1.165) is 11.1 Å². The first-order valence-electron chi connectivity index (χ1n) is 10.7. The molecule has 9 heteroatoms. The van der Waals surface area contributed by atoms with Crippen LogP contribution >= 0.6 is 7.82 Å². The molecule has 35 heavy (non-hydrogen) atoms. The number of phosphoric acid groups is 1. The zero-order chi connectivity index (χ0) is 25.5. The van der Waals surface area contributed by atoms with Crippen LogP contribution in [0.25, 0.3) is 22.3 Å². The average Bonchev–Trinajstić information content (AvgIpc) is 3.21. The highest BCUT2D eigenvalue weighted by atomic mass is 31.2. The number of fused-ring (bicyclic) bond motifs is 1.